The number of aliphatic carboxylic acids is 1. The smallest absolute Gasteiger partial charge is 0.112 e. The molecule has 0 aromatic heterocycles. The Hall–Kier alpha value is 0.755. The Morgan fingerprint density at radius 3 is 0.628 bits per heavy atom. The number of allylic oxidation sites excluding steroid dienone is 4. The number of rotatable bonds is 7. The van der Waals surface area contributed by atoms with E-state index < -0.39 is 30.4 Å². The van der Waals surface area contributed by atoms with Crippen molar-refractivity contribution in [3.05, 3.63) is 24.3 Å². The molecule has 1 radical (unpaired) electrons. The first-order valence-corrected chi connectivity index (χ1v) is 35.2. The molecule has 0 atom stereocenters. The molecule has 0 saturated heterocycles. The molecule has 0 aromatic carbocycles. The Morgan fingerprint density at radius 1 is 0.532 bits per heavy atom. The fourth-order valence-electron chi connectivity index (χ4n) is 0.854. The Labute approximate surface area is 694 Å². The molecule has 16 nitrogen and oxygen atoms in total. The summed E-state index contributed by atoms with van der Waals surface area (Å²) in [5.74, 6) is 0.815. The Bertz CT molecular complexity index is 949. The van der Waals surface area contributed by atoms with E-state index >= 15 is 0 Å². The second kappa shape index (κ2) is 269. The number of aliphatic hydroxyl groups excluding tert-OH is 1. The zero-order valence-electron chi connectivity index (χ0n) is 71.9. The van der Waals surface area contributed by atoms with Crippen LogP contribution in [0.2, 0.25) is 12.6 Å². The number of carbonyl (C=O) groups excluding carboxylic acids is 4. The molecule has 0 rings (SSSR count). The van der Waals surface area contributed by atoms with E-state index in [4.69, 9.17) is 34.6 Å². The van der Waals surface area contributed by atoms with Gasteiger partial charge >= 0.3 is 153 Å². The molecular weight excluding hydrogens is 1320 g/mol. The Kier molecular flexibility index (Phi) is 535. The molecule has 0 unspecified atom stereocenters. The third-order valence-corrected chi connectivity index (χ3v) is 4.22. The first-order valence-electron chi connectivity index (χ1n) is 32.4. The van der Waals surface area contributed by atoms with Crippen LogP contribution in [0.3, 0.4) is 0 Å². The van der Waals surface area contributed by atoms with E-state index in [0.717, 1.165) is 33.7 Å². The van der Waals surface area contributed by atoms with Gasteiger partial charge in [0.05, 0.1) is 28.5 Å². The molecule has 0 saturated carbocycles. The van der Waals surface area contributed by atoms with Gasteiger partial charge in [0.2, 0.25) is 16.3 Å². The summed E-state index contributed by atoms with van der Waals surface area (Å²) < 4.78 is 51.0. The normalized spacial score (nSPS) is 6.99. The van der Waals surface area contributed by atoms with Gasteiger partial charge in [0, 0.05) is 48.8 Å². The number of carboxylic acids is 1. The van der Waals surface area contributed by atoms with Crippen LogP contribution in [0.15, 0.2) is 28.6 Å². The van der Waals surface area contributed by atoms with Crippen molar-refractivity contribution in [2.45, 2.75) is 350 Å². The van der Waals surface area contributed by atoms with Crippen LogP contribution < -0.4 is 113 Å². The van der Waals surface area contributed by atoms with Crippen LogP contribution in [0.5, 0.6) is 0 Å². The number of halogens is 3. The summed E-state index contributed by atoms with van der Waals surface area (Å²) in [6.45, 7) is 69.7. The van der Waals surface area contributed by atoms with Crippen LogP contribution in [0.1, 0.15) is 320 Å². The molecule has 94 heavy (non-hydrogen) atoms. The van der Waals surface area contributed by atoms with Gasteiger partial charge in [0.15, 0.2) is 5.05 Å². The third-order valence-electron chi connectivity index (χ3n) is 4.05. The van der Waals surface area contributed by atoms with E-state index in [0.29, 0.717) is 19.2 Å². The number of alkyl halides is 3. The van der Waals surface area contributed by atoms with Crippen molar-refractivity contribution in [2.24, 2.45) is 4.30 Å². The minimum absolute atomic E-state index is 0. The van der Waals surface area contributed by atoms with Crippen LogP contribution in [0, 0.1) is 0 Å². The molecule has 0 bridgehead atoms. The van der Waals surface area contributed by atoms with Crippen molar-refractivity contribution >= 4 is 91.6 Å². The summed E-state index contributed by atoms with van der Waals surface area (Å²) >= 11 is 8.97. The van der Waals surface area contributed by atoms with Crippen molar-refractivity contribution < 1.29 is 189 Å². The average Bonchev–Trinajstić information content (AvgIpc) is 3.51. The summed E-state index contributed by atoms with van der Waals surface area (Å²) in [6, 6.07) is 0. The number of methoxy groups -OCH3 is 4. The quantitative estimate of drug-likeness (QED) is 0.0302. The molecule has 0 aliphatic rings. The number of aldehydes is 2. The summed E-state index contributed by atoms with van der Waals surface area (Å²) in [4.78, 5) is 45.8. The van der Waals surface area contributed by atoms with Crippen molar-refractivity contribution in [3.63, 3.8) is 0 Å². The van der Waals surface area contributed by atoms with E-state index in [1.54, 1.807) is 55.6 Å². The van der Waals surface area contributed by atoms with E-state index in [2.05, 4.69) is 117 Å². The molecule has 26 heteroatoms. The van der Waals surface area contributed by atoms with Gasteiger partial charge in [-0.15, -0.1) is 17.0 Å². The van der Waals surface area contributed by atoms with E-state index in [-0.39, 0.29) is 115 Å². The van der Waals surface area contributed by atoms with Crippen molar-refractivity contribution in [1.82, 2.24) is 0 Å². The zero-order valence-corrected chi connectivity index (χ0v) is 81.9. The number of aliphatic hydroxyl groups is 1. The minimum atomic E-state index is -2.96. The van der Waals surface area contributed by atoms with Crippen LogP contribution in [0.4, 0.5) is 13.2 Å². The van der Waals surface area contributed by atoms with Gasteiger partial charge < -0.3 is 59.0 Å². The molecule has 0 heterocycles. The van der Waals surface area contributed by atoms with Gasteiger partial charge in [-0.25, -0.2) is 0 Å². The molecule has 0 spiro atoms. The third kappa shape index (κ3) is 2480. The van der Waals surface area contributed by atoms with E-state index in [1.807, 2.05) is 135 Å². The first-order chi connectivity index (χ1) is 42.6. The molecular formula is C68H168AlB2F3K2NO15S2. The molecule has 579 valence electrons. The first kappa shape index (κ1) is 187. The summed E-state index contributed by atoms with van der Waals surface area (Å²) in [5.41, 5.74) is -1.50. The SMILES string of the molecule is C/C=C/C.C/C=C/C.CB(O)O.CC.CC.CC.CC.CC.CC.CC(=O)O.CC(C)(C)[O-].CC(C)(C)[O-].CC=O.CC=O.CCC.CCCC.CCCCC.CCCCCC.CF.CO.COC(C)(F)F.COC(C)=O.COC(C)=O.COC(C)=S.[B]=NS.[CH3][AlH2].[K+].[K+]. The molecule has 0 aromatic rings. The molecule has 0 aliphatic heterocycles. The Balaban J connectivity index is -0.0000000187. The molecule has 0 fully saturated rings. The number of unbranched alkanes of at least 4 members (excludes halogenated alkanes) is 6. The molecule has 4 N–H and O–H groups in total. The zero-order chi connectivity index (χ0) is 82.2. The molecule has 0 amide bonds. The number of thiocarbonyl (C=S) groups is 1. The predicted molar refractivity (Wildman–Crippen MR) is 418 cm³/mol. The number of esters is 2. The standard InChI is InChI=1S/C6H14.C5H12.2C4H9O.C4H10.2C4H8.C3H6F2O.2C3H6O2.C3H6OS.C3H8.C2H4O2.2C2H4O.6C2H6.CH5BO2.CH3F.CH4O.CH3.Al.BHNS.2K.2H/c1-3-5-6-4-2;1-3-5-4-2;2*1-4(2,3)5;3*1-3-4-2;1-3(4,5)6-2;2*1-3(4)5-2;1-3(5)4-2;1-3-2;1-2(3)4;2*1-2-3;6*1-2;1-2(3)4;2*1-2;;;1-2-3;;;;/h3-6H2,1-2H3;3-5H2,1-2H3;2*1-3H3;3-4H2,1-2H3;2*3-4H,1-2H3;1-2H3;3*1-2H3;3H2,1-2H3;1H3,(H,3,4);2*2H,1H3;6*1-2H3;3-4H,1H3;1H3;2H,1H3;1H3;;3H;;;;/q;;2*-1;;;;;;;;;;;;;;;;;;;;;;;;2*+1;;/b;;;;;2*4-3+;;;;;;;;;;;;;;;;;;;;;;;;. The van der Waals surface area contributed by atoms with Gasteiger partial charge in [-0.3, -0.25) is 18.8 Å². The monoisotopic (exact) mass is 1490 g/mol. The minimum Gasteiger partial charge on any atom is -0.112 e. The number of carboxylic acid groups (broad SMARTS) is 1. The maximum absolute atomic E-state index is 11.2. The fourth-order valence-corrected chi connectivity index (χ4v) is 0.854. The van der Waals surface area contributed by atoms with Crippen LogP contribution in [-0.4, -0.2) is 147 Å². The van der Waals surface area contributed by atoms with E-state index in [1.165, 1.54) is 129 Å². The average molecular weight is 1490 g/mol. The Morgan fingerprint density at radius 2 is 0.617 bits per heavy atom. The number of ether oxygens (including phenoxy) is 4. The summed E-state index contributed by atoms with van der Waals surface area (Å²) in [6.07, 6.45) is 20.0. The largest absolute Gasteiger partial charge is 1.00 e. The van der Waals surface area contributed by atoms with Gasteiger partial charge in [-0.05, 0) is 60.6 Å². The second-order valence-corrected chi connectivity index (χ2v) is 16.0. The number of nitrogens with zero attached hydrogens (tertiary/aromatic N) is 1. The second-order valence-electron chi connectivity index (χ2n) is 15.2. The number of thiol groups is 1. The number of hydrogen-bond acceptors (Lipinski definition) is 17. The van der Waals surface area contributed by atoms with E-state index in [9.17, 15) is 33.0 Å². The maximum atomic E-state index is 11.2. The van der Waals surface area contributed by atoms with Crippen molar-refractivity contribution in [3.8, 4) is 0 Å². The van der Waals surface area contributed by atoms with Gasteiger partial charge in [0.25, 0.3) is 5.97 Å². The maximum Gasteiger partial charge on any atom is 1.00 e. The summed E-state index contributed by atoms with van der Waals surface area (Å²) in [5, 5.41) is 50.4. The van der Waals surface area contributed by atoms with Gasteiger partial charge in [-0.2, -0.15) is 8.78 Å². The summed E-state index contributed by atoms with van der Waals surface area (Å²) in [7, 11) is 9.89. The van der Waals surface area contributed by atoms with Gasteiger partial charge in [0.1, 0.15) is 12.6 Å². The van der Waals surface area contributed by atoms with Crippen molar-refractivity contribution in [2.75, 3.05) is 42.7 Å². The topological polar surface area (TPSA) is 262 Å². The van der Waals surface area contributed by atoms with Crippen LogP contribution in [0.25, 0.3) is 0 Å². The number of carbonyl (C=O) groups is 5. The van der Waals surface area contributed by atoms with Crippen LogP contribution in [-0.2, 0) is 42.9 Å². The number of hydrogen-bond donors (Lipinski definition) is 5. The fraction of sp³-hybridized carbons (Fsp3) is 0.853. The van der Waals surface area contributed by atoms with Crippen LogP contribution >= 0.6 is 25.0 Å². The van der Waals surface area contributed by atoms with Gasteiger partial charge in [-0.1, -0.05) is 269 Å². The van der Waals surface area contributed by atoms with Crippen molar-refractivity contribution in [1.29, 1.82) is 0 Å². The predicted octanol–water partition coefficient (Wildman–Crippen LogP) is 13.8. The molecule has 0 aliphatic carbocycles.